The molecule has 3 rings (SSSR count). The molecule has 1 aromatic heterocycles. The smallest absolute Gasteiger partial charge is 0.271 e. The zero-order valence-corrected chi connectivity index (χ0v) is 13.0. The second-order valence-corrected chi connectivity index (χ2v) is 5.68. The largest absolute Gasteiger partial charge is 0.354 e. The van der Waals surface area contributed by atoms with E-state index >= 15 is 0 Å². The van der Waals surface area contributed by atoms with E-state index in [1.54, 1.807) is 25.2 Å². The highest BCUT2D eigenvalue weighted by Crippen LogP contribution is 2.26. The van der Waals surface area contributed by atoms with Gasteiger partial charge in [-0.3, -0.25) is 4.79 Å². The zero-order chi connectivity index (χ0) is 16.2. The molecule has 2 heterocycles. The lowest BCUT2D eigenvalue weighted by Crippen LogP contribution is -2.32. The number of anilines is 1. The predicted octanol–water partition coefficient (Wildman–Crippen LogP) is 2.19. The Balaban J connectivity index is 1.74. The molecule has 1 N–H and O–H groups in total. The van der Waals surface area contributed by atoms with E-state index in [-0.39, 0.29) is 17.8 Å². The average Bonchev–Trinajstić information content (AvgIpc) is 3.02. The molecule has 5 nitrogen and oxygen atoms in total. The summed E-state index contributed by atoms with van der Waals surface area (Å²) < 4.78 is 13.3. The topological polar surface area (TPSA) is 58.1 Å². The van der Waals surface area contributed by atoms with Crippen molar-refractivity contribution in [3.8, 4) is 0 Å². The van der Waals surface area contributed by atoms with E-state index in [9.17, 15) is 9.18 Å². The van der Waals surface area contributed by atoms with Crippen LogP contribution in [0, 0.1) is 5.82 Å². The summed E-state index contributed by atoms with van der Waals surface area (Å²) in [5.41, 5.74) is 1.29. The number of halogens is 1. The number of hydrogen-bond acceptors (Lipinski definition) is 4. The number of benzene rings is 1. The molecule has 1 amide bonds. The van der Waals surface area contributed by atoms with Gasteiger partial charge in [-0.1, -0.05) is 12.1 Å². The summed E-state index contributed by atoms with van der Waals surface area (Å²) >= 11 is 0. The van der Waals surface area contributed by atoms with Crippen molar-refractivity contribution in [2.24, 2.45) is 0 Å². The van der Waals surface area contributed by atoms with Crippen molar-refractivity contribution in [1.82, 2.24) is 15.5 Å². The van der Waals surface area contributed by atoms with E-state index in [0.717, 1.165) is 37.2 Å². The van der Waals surface area contributed by atoms with Crippen molar-refractivity contribution in [3.05, 3.63) is 53.5 Å². The van der Waals surface area contributed by atoms with Gasteiger partial charge in [0.15, 0.2) is 11.5 Å². The summed E-state index contributed by atoms with van der Waals surface area (Å²) in [5, 5.41) is 10.7. The van der Waals surface area contributed by atoms with E-state index in [4.69, 9.17) is 0 Å². The number of amides is 1. The van der Waals surface area contributed by atoms with E-state index in [2.05, 4.69) is 20.4 Å². The maximum absolute atomic E-state index is 13.3. The number of nitrogens with zero attached hydrogens (tertiary/aromatic N) is 3. The Morgan fingerprint density at radius 1 is 1.35 bits per heavy atom. The summed E-state index contributed by atoms with van der Waals surface area (Å²) in [6, 6.07) is 10.5. The van der Waals surface area contributed by atoms with Crippen molar-refractivity contribution in [2.75, 3.05) is 18.5 Å². The standard InChI is InChI=1S/C17H19FN4O/c1-19-17(23)15-7-8-16(21-20-15)22-9-3-6-14(22)11-12-4-2-5-13(18)10-12/h2,4-5,7-8,10,14H,3,6,9,11H2,1H3,(H,19,23)/t14-/m1/s1. The molecule has 2 aromatic rings. The fourth-order valence-corrected chi connectivity index (χ4v) is 3.01. The highest BCUT2D eigenvalue weighted by molar-refractivity contribution is 5.91. The summed E-state index contributed by atoms with van der Waals surface area (Å²) in [6.07, 6.45) is 2.88. The molecule has 0 aliphatic carbocycles. The van der Waals surface area contributed by atoms with Gasteiger partial charge in [0, 0.05) is 19.6 Å². The Morgan fingerprint density at radius 2 is 2.22 bits per heavy atom. The molecule has 1 aliphatic heterocycles. The fraction of sp³-hybridized carbons (Fsp3) is 0.353. The van der Waals surface area contributed by atoms with Gasteiger partial charge >= 0.3 is 0 Å². The lowest BCUT2D eigenvalue weighted by atomic mass is 10.0. The number of nitrogens with one attached hydrogen (secondary N) is 1. The lowest BCUT2D eigenvalue weighted by Gasteiger charge is -2.25. The fourth-order valence-electron chi connectivity index (χ4n) is 3.01. The Labute approximate surface area is 134 Å². The first-order valence-electron chi connectivity index (χ1n) is 7.74. The van der Waals surface area contributed by atoms with Gasteiger partial charge in [-0.15, -0.1) is 10.2 Å². The number of aromatic nitrogens is 2. The second-order valence-electron chi connectivity index (χ2n) is 5.68. The molecule has 0 saturated carbocycles. The minimum atomic E-state index is -0.248. The van der Waals surface area contributed by atoms with Crippen LogP contribution in [0.25, 0.3) is 0 Å². The van der Waals surface area contributed by atoms with Crippen LogP contribution in [0.2, 0.25) is 0 Å². The van der Waals surface area contributed by atoms with Gasteiger partial charge < -0.3 is 10.2 Å². The van der Waals surface area contributed by atoms with Crippen LogP contribution in [0.3, 0.4) is 0 Å². The first-order chi connectivity index (χ1) is 11.2. The SMILES string of the molecule is CNC(=O)c1ccc(N2CCC[C@@H]2Cc2cccc(F)c2)nn1. The Hall–Kier alpha value is -2.50. The first kappa shape index (κ1) is 15.4. The molecule has 1 aliphatic rings. The maximum atomic E-state index is 13.3. The summed E-state index contributed by atoms with van der Waals surface area (Å²) in [4.78, 5) is 13.7. The molecule has 0 spiro atoms. The van der Waals surface area contributed by atoms with Gasteiger partial charge in [0.2, 0.25) is 0 Å². The molecule has 1 fully saturated rings. The van der Waals surface area contributed by atoms with Crippen molar-refractivity contribution in [1.29, 1.82) is 0 Å². The minimum Gasteiger partial charge on any atom is -0.354 e. The summed E-state index contributed by atoms with van der Waals surface area (Å²) in [5.74, 6) is 0.306. The normalized spacial score (nSPS) is 17.3. The molecule has 120 valence electrons. The van der Waals surface area contributed by atoms with Gasteiger partial charge in [-0.25, -0.2) is 4.39 Å². The van der Waals surface area contributed by atoms with Gasteiger partial charge in [-0.2, -0.15) is 0 Å². The molecule has 0 radical (unpaired) electrons. The molecular weight excluding hydrogens is 295 g/mol. The van der Waals surface area contributed by atoms with Crippen molar-refractivity contribution >= 4 is 11.7 Å². The van der Waals surface area contributed by atoms with Gasteiger partial charge in [0.05, 0.1) is 0 Å². The first-order valence-corrected chi connectivity index (χ1v) is 7.74. The summed E-state index contributed by atoms with van der Waals surface area (Å²) in [7, 11) is 1.56. The summed E-state index contributed by atoms with van der Waals surface area (Å²) in [6.45, 7) is 0.897. The Bertz CT molecular complexity index is 689. The maximum Gasteiger partial charge on any atom is 0.271 e. The molecule has 0 unspecified atom stereocenters. The minimum absolute atomic E-state index is 0.207. The lowest BCUT2D eigenvalue weighted by molar-refractivity contribution is 0.0957. The molecule has 23 heavy (non-hydrogen) atoms. The van der Waals surface area contributed by atoms with Crippen LogP contribution in [-0.2, 0) is 6.42 Å². The quantitative estimate of drug-likeness (QED) is 0.940. The molecule has 6 heteroatoms. The van der Waals surface area contributed by atoms with Crippen LogP contribution in [0.5, 0.6) is 0 Å². The highest BCUT2D eigenvalue weighted by Gasteiger charge is 2.26. The van der Waals surface area contributed by atoms with Crippen molar-refractivity contribution in [2.45, 2.75) is 25.3 Å². The van der Waals surface area contributed by atoms with Crippen LogP contribution in [-0.4, -0.2) is 35.7 Å². The molecule has 1 aromatic carbocycles. The Morgan fingerprint density at radius 3 is 2.91 bits per heavy atom. The van der Waals surface area contributed by atoms with Crippen LogP contribution >= 0.6 is 0 Å². The van der Waals surface area contributed by atoms with Crippen LogP contribution < -0.4 is 10.2 Å². The third-order valence-corrected chi connectivity index (χ3v) is 4.14. The molecule has 1 atom stereocenters. The van der Waals surface area contributed by atoms with E-state index < -0.39 is 0 Å². The molecule has 1 saturated heterocycles. The van der Waals surface area contributed by atoms with E-state index in [1.807, 2.05) is 12.1 Å². The number of hydrogen-bond donors (Lipinski definition) is 1. The molecule has 0 bridgehead atoms. The monoisotopic (exact) mass is 314 g/mol. The Kier molecular flexibility index (Phi) is 4.50. The highest BCUT2D eigenvalue weighted by atomic mass is 19.1. The van der Waals surface area contributed by atoms with Crippen LogP contribution in [0.1, 0.15) is 28.9 Å². The number of carbonyl (C=O) groups excluding carboxylic acids is 1. The predicted molar refractivity (Wildman–Crippen MR) is 85.9 cm³/mol. The second kappa shape index (κ2) is 6.73. The number of rotatable bonds is 4. The van der Waals surface area contributed by atoms with Gasteiger partial charge in [0.25, 0.3) is 5.91 Å². The van der Waals surface area contributed by atoms with Crippen molar-refractivity contribution in [3.63, 3.8) is 0 Å². The van der Waals surface area contributed by atoms with Crippen LogP contribution in [0.15, 0.2) is 36.4 Å². The van der Waals surface area contributed by atoms with Gasteiger partial charge in [0.1, 0.15) is 5.82 Å². The molecular formula is C17H19FN4O. The average molecular weight is 314 g/mol. The van der Waals surface area contributed by atoms with E-state index in [0.29, 0.717) is 5.69 Å². The third kappa shape index (κ3) is 3.47. The van der Waals surface area contributed by atoms with E-state index in [1.165, 1.54) is 6.07 Å². The van der Waals surface area contributed by atoms with Crippen LogP contribution in [0.4, 0.5) is 10.2 Å². The zero-order valence-electron chi connectivity index (χ0n) is 13.0. The third-order valence-electron chi connectivity index (χ3n) is 4.14. The van der Waals surface area contributed by atoms with Gasteiger partial charge in [-0.05, 0) is 49.1 Å². The number of carbonyl (C=O) groups is 1. The van der Waals surface area contributed by atoms with Crippen molar-refractivity contribution < 1.29 is 9.18 Å².